The van der Waals surface area contributed by atoms with E-state index in [0.29, 0.717) is 24.6 Å². The van der Waals surface area contributed by atoms with Gasteiger partial charge in [-0.2, -0.15) is 9.61 Å². The highest BCUT2D eigenvalue weighted by molar-refractivity contribution is 9.10. The quantitative estimate of drug-likeness (QED) is 0.679. The lowest BCUT2D eigenvalue weighted by molar-refractivity contribution is 0.0197. The molecular formula is C19H29BrN4O3. The maximum absolute atomic E-state index is 12.4. The average molecular weight is 441 g/mol. The van der Waals surface area contributed by atoms with E-state index < -0.39 is 5.60 Å². The molecule has 0 bridgehead atoms. The normalized spacial score (nSPS) is 17.3. The number of piperidine rings is 1. The van der Waals surface area contributed by atoms with Crippen molar-refractivity contribution in [3.05, 3.63) is 22.4 Å². The first-order chi connectivity index (χ1) is 12.8. The summed E-state index contributed by atoms with van der Waals surface area (Å²) >= 11 is 3.47. The summed E-state index contributed by atoms with van der Waals surface area (Å²) in [6.45, 7) is 10.9. The molecule has 0 aliphatic carbocycles. The number of methoxy groups -OCH3 is 1. The second kappa shape index (κ2) is 8.91. The number of nitrogens with zero attached hydrogens (tertiary/aromatic N) is 4. The SMILES string of the molecule is CC.COc1cc(C2CCCN(C(=O)OC(C)(C)C)C2)nc2c(Br)cnn12. The van der Waals surface area contributed by atoms with Crippen molar-refractivity contribution in [1.29, 1.82) is 0 Å². The van der Waals surface area contributed by atoms with E-state index in [0.717, 1.165) is 23.0 Å². The maximum Gasteiger partial charge on any atom is 0.410 e. The molecule has 7 nitrogen and oxygen atoms in total. The Bertz CT molecular complexity index is 785. The molecule has 0 aromatic carbocycles. The van der Waals surface area contributed by atoms with Gasteiger partial charge in [0, 0.05) is 25.1 Å². The number of halogens is 1. The summed E-state index contributed by atoms with van der Waals surface area (Å²) in [5.74, 6) is 0.766. The fourth-order valence-corrected chi connectivity index (χ4v) is 3.34. The van der Waals surface area contributed by atoms with Crippen molar-refractivity contribution in [2.45, 2.75) is 59.0 Å². The average Bonchev–Trinajstić information content (AvgIpc) is 3.02. The van der Waals surface area contributed by atoms with E-state index in [2.05, 4.69) is 21.0 Å². The van der Waals surface area contributed by atoms with Crippen LogP contribution in [0.2, 0.25) is 0 Å². The number of hydrogen-bond donors (Lipinski definition) is 0. The van der Waals surface area contributed by atoms with Crippen LogP contribution in [-0.2, 0) is 4.74 Å². The number of aromatic nitrogens is 3. The van der Waals surface area contributed by atoms with Crippen LogP contribution in [0.25, 0.3) is 5.65 Å². The highest BCUT2D eigenvalue weighted by Gasteiger charge is 2.29. The Hall–Kier alpha value is -1.83. The highest BCUT2D eigenvalue weighted by Crippen LogP contribution is 2.30. The van der Waals surface area contributed by atoms with Gasteiger partial charge < -0.3 is 14.4 Å². The van der Waals surface area contributed by atoms with E-state index in [4.69, 9.17) is 14.5 Å². The zero-order chi connectivity index (χ0) is 20.2. The summed E-state index contributed by atoms with van der Waals surface area (Å²) in [7, 11) is 1.61. The maximum atomic E-state index is 12.4. The molecule has 1 atom stereocenters. The van der Waals surface area contributed by atoms with Crippen LogP contribution in [-0.4, -0.2) is 51.4 Å². The number of hydrogen-bond acceptors (Lipinski definition) is 5. The third-order valence-electron chi connectivity index (χ3n) is 4.12. The van der Waals surface area contributed by atoms with E-state index in [1.54, 1.807) is 22.7 Å². The van der Waals surface area contributed by atoms with Gasteiger partial charge in [0.15, 0.2) is 5.65 Å². The first-order valence-corrected chi connectivity index (χ1v) is 10.1. The fourth-order valence-electron chi connectivity index (χ4n) is 2.99. The summed E-state index contributed by atoms with van der Waals surface area (Å²) in [5, 5.41) is 4.26. The Kier molecular flexibility index (Phi) is 7.08. The third kappa shape index (κ3) is 5.12. The lowest BCUT2D eigenvalue weighted by Gasteiger charge is -2.34. The van der Waals surface area contributed by atoms with Gasteiger partial charge in [0.05, 0.1) is 23.5 Å². The van der Waals surface area contributed by atoms with Gasteiger partial charge in [-0.1, -0.05) is 13.8 Å². The van der Waals surface area contributed by atoms with Crippen molar-refractivity contribution >= 4 is 27.7 Å². The molecule has 1 aliphatic rings. The summed E-state index contributed by atoms with van der Waals surface area (Å²) < 4.78 is 13.4. The van der Waals surface area contributed by atoms with Gasteiger partial charge in [-0.3, -0.25) is 0 Å². The number of carbonyl (C=O) groups excluding carboxylic acids is 1. The van der Waals surface area contributed by atoms with Crippen LogP contribution in [0.3, 0.4) is 0 Å². The Labute approximate surface area is 169 Å². The van der Waals surface area contributed by atoms with Crippen molar-refractivity contribution < 1.29 is 14.3 Å². The molecule has 3 rings (SSSR count). The van der Waals surface area contributed by atoms with E-state index in [1.807, 2.05) is 40.7 Å². The summed E-state index contributed by atoms with van der Waals surface area (Å²) in [5.41, 5.74) is 1.12. The predicted octanol–water partition coefficient (Wildman–Crippen LogP) is 4.64. The number of ether oxygens (including phenoxy) is 2. The number of likely N-dealkylation sites (tertiary alicyclic amines) is 1. The van der Waals surface area contributed by atoms with Gasteiger partial charge in [-0.05, 0) is 49.5 Å². The van der Waals surface area contributed by atoms with Crippen molar-refractivity contribution in [1.82, 2.24) is 19.5 Å². The molecule has 0 saturated carbocycles. The minimum Gasteiger partial charge on any atom is -0.481 e. The smallest absolute Gasteiger partial charge is 0.410 e. The lowest BCUT2D eigenvalue weighted by Crippen LogP contribution is -2.42. The first kappa shape index (κ1) is 21.5. The second-order valence-electron chi connectivity index (χ2n) is 7.22. The molecule has 8 heteroatoms. The van der Waals surface area contributed by atoms with E-state index >= 15 is 0 Å². The monoisotopic (exact) mass is 440 g/mol. The fraction of sp³-hybridized carbons (Fsp3) is 0.632. The Balaban J connectivity index is 0.00000126. The molecule has 1 amide bonds. The van der Waals surface area contributed by atoms with E-state index in [9.17, 15) is 4.79 Å². The number of rotatable bonds is 2. The topological polar surface area (TPSA) is 69.0 Å². The molecular weight excluding hydrogens is 412 g/mol. The predicted molar refractivity (Wildman–Crippen MR) is 108 cm³/mol. The molecule has 0 spiro atoms. The van der Waals surface area contributed by atoms with Gasteiger partial charge in [0.25, 0.3) is 0 Å². The molecule has 150 valence electrons. The van der Waals surface area contributed by atoms with Gasteiger partial charge in [0.2, 0.25) is 5.88 Å². The molecule has 2 aromatic heterocycles. The van der Waals surface area contributed by atoms with Crippen LogP contribution < -0.4 is 4.74 Å². The van der Waals surface area contributed by atoms with E-state index in [1.165, 1.54) is 0 Å². The molecule has 0 radical (unpaired) electrons. The van der Waals surface area contributed by atoms with Crippen LogP contribution in [0.4, 0.5) is 4.79 Å². The minimum atomic E-state index is -0.493. The van der Waals surface area contributed by atoms with Crippen molar-refractivity contribution in [2.75, 3.05) is 20.2 Å². The lowest BCUT2D eigenvalue weighted by atomic mass is 9.94. The van der Waals surface area contributed by atoms with Crippen molar-refractivity contribution in [2.24, 2.45) is 0 Å². The first-order valence-electron chi connectivity index (χ1n) is 9.34. The molecule has 2 aromatic rings. The minimum absolute atomic E-state index is 0.141. The molecule has 3 heterocycles. The summed E-state index contributed by atoms with van der Waals surface area (Å²) in [6, 6.07) is 1.90. The zero-order valence-electron chi connectivity index (χ0n) is 17.0. The highest BCUT2D eigenvalue weighted by atomic mass is 79.9. The van der Waals surface area contributed by atoms with Crippen LogP contribution in [0.1, 0.15) is 59.1 Å². The second-order valence-corrected chi connectivity index (χ2v) is 8.07. The number of fused-ring (bicyclic) bond motifs is 1. The Morgan fingerprint density at radius 1 is 1.33 bits per heavy atom. The Morgan fingerprint density at radius 3 is 2.67 bits per heavy atom. The zero-order valence-corrected chi connectivity index (χ0v) is 18.5. The van der Waals surface area contributed by atoms with Crippen LogP contribution in [0.15, 0.2) is 16.7 Å². The van der Waals surface area contributed by atoms with Crippen LogP contribution >= 0.6 is 15.9 Å². The van der Waals surface area contributed by atoms with E-state index in [-0.39, 0.29) is 12.0 Å². The van der Waals surface area contributed by atoms with Gasteiger partial charge in [-0.15, -0.1) is 0 Å². The van der Waals surface area contributed by atoms with Crippen LogP contribution in [0.5, 0.6) is 5.88 Å². The summed E-state index contributed by atoms with van der Waals surface area (Å²) in [4.78, 5) is 18.9. The molecule has 1 unspecified atom stereocenters. The Morgan fingerprint density at radius 2 is 2.04 bits per heavy atom. The van der Waals surface area contributed by atoms with Gasteiger partial charge in [-0.25, -0.2) is 9.78 Å². The van der Waals surface area contributed by atoms with Gasteiger partial charge >= 0.3 is 6.09 Å². The third-order valence-corrected chi connectivity index (χ3v) is 4.68. The molecule has 27 heavy (non-hydrogen) atoms. The molecule has 1 fully saturated rings. The molecule has 1 aliphatic heterocycles. The summed E-state index contributed by atoms with van der Waals surface area (Å²) in [6.07, 6.45) is 3.31. The number of amides is 1. The van der Waals surface area contributed by atoms with Gasteiger partial charge in [0.1, 0.15) is 5.60 Å². The number of carbonyl (C=O) groups is 1. The standard InChI is InChI=1S/C17H23BrN4O3.C2H6/c1-17(2,3)25-16(23)21-7-5-6-11(10-21)13-8-14(24-4)22-15(20-13)12(18)9-19-22;1-2/h8-9,11H,5-7,10H2,1-4H3;1-2H3. The molecule has 1 saturated heterocycles. The van der Waals surface area contributed by atoms with Crippen molar-refractivity contribution in [3.63, 3.8) is 0 Å². The van der Waals surface area contributed by atoms with Crippen molar-refractivity contribution in [3.8, 4) is 5.88 Å². The largest absolute Gasteiger partial charge is 0.481 e. The van der Waals surface area contributed by atoms with Crippen LogP contribution in [0, 0.1) is 0 Å². The molecule has 0 N–H and O–H groups in total.